The number of nitrogens with two attached hydrogens (primary N) is 2. The van der Waals surface area contributed by atoms with Crippen LogP contribution < -0.4 is 16.2 Å². The van der Waals surface area contributed by atoms with Crippen molar-refractivity contribution in [3.63, 3.8) is 0 Å². The standard InChI is InChI=1S/C12H20N2O/c1-15-12-8-3-2-6-10(12)11(14)7-4-5-9-13/h2-3,6,8,11H,4-5,7,9,13-14H2,1H3/t11-/m0/s1. The lowest BCUT2D eigenvalue weighted by Gasteiger charge is -2.15. The molecule has 1 aromatic carbocycles. The third-order valence-electron chi connectivity index (χ3n) is 2.51. The number of rotatable bonds is 6. The molecule has 3 heteroatoms. The number of hydrogen-bond donors (Lipinski definition) is 2. The highest BCUT2D eigenvalue weighted by Gasteiger charge is 2.10. The average Bonchev–Trinajstić information content (AvgIpc) is 2.29. The highest BCUT2D eigenvalue weighted by Crippen LogP contribution is 2.26. The first-order chi connectivity index (χ1) is 7.29. The van der Waals surface area contributed by atoms with Crippen molar-refractivity contribution in [3.8, 4) is 5.75 Å². The fraction of sp³-hybridized carbons (Fsp3) is 0.500. The van der Waals surface area contributed by atoms with Crippen LogP contribution in [0, 0.1) is 0 Å². The van der Waals surface area contributed by atoms with Crippen molar-refractivity contribution in [2.24, 2.45) is 11.5 Å². The van der Waals surface area contributed by atoms with Crippen LogP contribution in [0.3, 0.4) is 0 Å². The first kappa shape index (κ1) is 12.0. The van der Waals surface area contributed by atoms with Gasteiger partial charge in [0.05, 0.1) is 7.11 Å². The summed E-state index contributed by atoms with van der Waals surface area (Å²) in [5, 5.41) is 0. The maximum atomic E-state index is 6.09. The molecule has 0 amide bonds. The summed E-state index contributed by atoms with van der Waals surface area (Å²) in [7, 11) is 1.67. The first-order valence-electron chi connectivity index (χ1n) is 5.38. The van der Waals surface area contributed by atoms with E-state index in [1.807, 2.05) is 24.3 Å². The van der Waals surface area contributed by atoms with E-state index in [1.165, 1.54) is 0 Å². The molecule has 0 aliphatic carbocycles. The molecule has 0 aliphatic heterocycles. The first-order valence-corrected chi connectivity index (χ1v) is 5.38. The molecule has 0 unspecified atom stereocenters. The third kappa shape index (κ3) is 3.53. The molecule has 0 fully saturated rings. The number of ether oxygens (including phenoxy) is 1. The van der Waals surface area contributed by atoms with Gasteiger partial charge in [-0.2, -0.15) is 0 Å². The van der Waals surface area contributed by atoms with E-state index >= 15 is 0 Å². The second kappa shape index (κ2) is 6.43. The van der Waals surface area contributed by atoms with Crippen molar-refractivity contribution in [1.82, 2.24) is 0 Å². The molecule has 0 heterocycles. The van der Waals surface area contributed by atoms with E-state index in [0.29, 0.717) is 0 Å². The molecule has 0 radical (unpaired) electrons. The number of methoxy groups -OCH3 is 1. The van der Waals surface area contributed by atoms with Crippen molar-refractivity contribution in [2.75, 3.05) is 13.7 Å². The minimum absolute atomic E-state index is 0.0488. The van der Waals surface area contributed by atoms with E-state index in [2.05, 4.69) is 0 Å². The lowest BCUT2D eigenvalue weighted by atomic mass is 10.0. The summed E-state index contributed by atoms with van der Waals surface area (Å²) in [6, 6.07) is 7.95. The van der Waals surface area contributed by atoms with Gasteiger partial charge < -0.3 is 16.2 Å². The molecule has 0 aromatic heterocycles. The molecule has 3 nitrogen and oxygen atoms in total. The van der Waals surface area contributed by atoms with Gasteiger partial charge in [0.25, 0.3) is 0 Å². The Kier molecular flexibility index (Phi) is 5.15. The monoisotopic (exact) mass is 208 g/mol. The predicted molar refractivity (Wildman–Crippen MR) is 62.8 cm³/mol. The number of para-hydroxylation sites is 1. The van der Waals surface area contributed by atoms with Gasteiger partial charge in [-0.3, -0.25) is 0 Å². The van der Waals surface area contributed by atoms with E-state index < -0.39 is 0 Å². The molecule has 1 aromatic rings. The summed E-state index contributed by atoms with van der Waals surface area (Å²) < 4.78 is 5.27. The Morgan fingerprint density at radius 1 is 1.27 bits per heavy atom. The van der Waals surface area contributed by atoms with Crippen LogP contribution >= 0.6 is 0 Å². The van der Waals surface area contributed by atoms with Gasteiger partial charge in [-0.1, -0.05) is 24.6 Å². The molecular weight excluding hydrogens is 188 g/mol. The van der Waals surface area contributed by atoms with Crippen LogP contribution in [0.2, 0.25) is 0 Å². The van der Waals surface area contributed by atoms with Gasteiger partial charge in [-0.05, 0) is 25.5 Å². The second-order valence-corrected chi connectivity index (χ2v) is 3.63. The van der Waals surface area contributed by atoms with Gasteiger partial charge >= 0.3 is 0 Å². The van der Waals surface area contributed by atoms with Crippen LogP contribution in [-0.4, -0.2) is 13.7 Å². The Hall–Kier alpha value is -1.06. The van der Waals surface area contributed by atoms with Gasteiger partial charge in [0, 0.05) is 11.6 Å². The number of hydrogen-bond acceptors (Lipinski definition) is 3. The normalized spacial score (nSPS) is 12.5. The zero-order valence-electron chi connectivity index (χ0n) is 9.28. The van der Waals surface area contributed by atoms with Gasteiger partial charge in [-0.25, -0.2) is 0 Å². The van der Waals surface area contributed by atoms with E-state index in [9.17, 15) is 0 Å². The van der Waals surface area contributed by atoms with Crippen molar-refractivity contribution < 1.29 is 4.74 Å². The van der Waals surface area contributed by atoms with Crippen molar-refractivity contribution >= 4 is 0 Å². The molecule has 0 saturated carbocycles. The Bertz CT molecular complexity index is 289. The molecule has 0 spiro atoms. The van der Waals surface area contributed by atoms with E-state index in [0.717, 1.165) is 37.1 Å². The topological polar surface area (TPSA) is 61.3 Å². The largest absolute Gasteiger partial charge is 0.496 e. The lowest BCUT2D eigenvalue weighted by molar-refractivity contribution is 0.403. The van der Waals surface area contributed by atoms with Crippen molar-refractivity contribution in [1.29, 1.82) is 0 Å². The highest BCUT2D eigenvalue weighted by molar-refractivity contribution is 5.35. The molecule has 0 bridgehead atoms. The molecule has 1 atom stereocenters. The zero-order valence-corrected chi connectivity index (χ0v) is 9.28. The molecule has 1 rings (SSSR count). The van der Waals surface area contributed by atoms with Gasteiger partial charge in [-0.15, -0.1) is 0 Å². The molecule has 0 saturated heterocycles. The van der Waals surface area contributed by atoms with Crippen LogP contribution in [0.15, 0.2) is 24.3 Å². The van der Waals surface area contributed by atoms with E-state index in [1.54, 1.807) is 7.11 Å². The fourth-order valence-electron chi connectivity index (χ4n) is 1.64. The Labute approximate surface area is 91.4 Å². The molecule has 15 heavy (non-hydrogen) atoms. The van der Waals surface area contributed by atoms with Crippen molar-refractivity contribution in [2.45, 2.75) is 25.3 Å². The van der Waals surface area contributed by atoms with Crippen LogP contribution in [0.1, 0.15) is 30.9 Å². The Morgan fingerprint density at radius 3 is 2.67 bits per heavy atom. The number of unbranched alkanes of at least 4 members (excludes halogenated alkanes) is 1. The summed E-state index contributed by atoms with van der Waals surface area (Å²) in [5.41, 5.74) is 12.6. The smallest absolute Gasteiger partial charge is 0.123 e. The van der Waals surface area contributed by atoms with Crippen LogP contribution in [0.5, 0.6) is 5.75 Å². The summed E-state index contributed by atoms with van der Waals surface area (Å²) in [6.45, 7) is 0.735. The summed E-state index contributed by atoms with van der Waals surface area (Å²) in [4.78, 5) is 0. The van der Waals surface area contributed by atoms with Gasteiger partial charge in [0.2, 0.25) is 0 Å². The lowest BCUT2D eigenvalue weighted by Crippen LogP contribution is -2.12. The highest BCUT2D eigenvalue weighted by atomic mass is 16.5. The average molecular weight is 208 g/mol. The molecular formula is C12H20N2O. The Balaban J connectivity index is 2.59. The van der Waals surface area contributed by atoms with Crippen LogP contribution in [-0.2, 0) is 0 Å². The molecule has 4 N–H and O–H groups in total. The zero-order chi connectivity index (χ0) is 11.1. The van der Waals surface area contributed by atoms with Crippen LogP contribution in [0.25, 0.3) is 0 Å². The fourth-order valence-corrected chi connectivity index (χ4v) is 1.64. The SMILES string of the molecule is COc1ccccc1[C@@H](N)CCCCN. The van der Waals surface area contributed by atoms with Gasteiger partial charge in [0.1, 0.15) is 5.75 Å². The summed E-state index contributed by atoms with van der Waals surface area (Å²) >= 11 is 0. The van der Waals surface area contributed by atoms with E-state index in [4.69, 9.17) is 16.2 Å². The third-order valence-corrected chi connectivity index (χ3v) is 2.51. The predicted octanol–water partition coefficient (Wildman–Crippen LogP) is 1.82. The second-order valence-electron chi connectivity index (χ2n) is 3.63. The maximum Gasteiger partial charge on any atom is 0.123 e. The minimum Gasteiger partial charge on any atom is -0.496 e. The maximum absolute atomic E-state index is 6.09. The van der Waals surface area contributed by atoms with Crippen LogP contribution in [0.4, 0.5) is 0 Å². The minimum atomic E-state index is 0.0488. The molecule has 84 valence electrons. The van der Waals surface area contributed by atoms with E-state index in [-0.39, 0.29) is 6.04 Å². The Morgan fingerprint density at radius 2 is 2.00 bits per heavy atom. The summed E-state index contributed by atoms with van der Waals surface area (Å²) in [5.74, 6) is 0.873. The van der Waals surface area contributed by atoms with Gasteiger partial charge in [0.15, 0.2) is 0 Å². The quantitative estimate of drug-likeness (QED) is 0.701. The molecule has 0 aliphatic rings. The number of benzene rings is 1. The summed E-state index contributed by atoms with van der Waals surface area (Å²) in [6.07, 6.45) is 3.05. The van der Waals surface area contributed by atoms with Crippen molar-refractivity contribution in [3.05, 3.63) is 29.8 Å².